The third kappa shape index (κ3) is 3.95. The van der Waals surface area contributed by atoms with Crippen molar-refractivity contribution in [3.63, 3.8) is 0 Å². The first-order chi connectivity index (χ1) is 12.2. The molecule has 0 spiro atoms. The lowest BCUT2D eigenvalue weighted by Crippen LogP contribution is -2.33. The van der Waals surface area contributed by atoms with Gasteiger partial charge in [0.1, 0.15) is 0 Å². The van der Waals surface area contributed by atoms with Crippen molar-refractivity contribution in [1.29, 1.82) is 0 Å². The van der Waals surface area contributed by atoms with Gasteiger partial charge in [-0.15, -0.1) is 0 Å². The molecule has 0 fully saturated rings. The van der Waals surface area contributed by atoms with Gasteiger partial charge in [0.2, 0.25) is 0 Å². The number of aliphatic hydroxyl groups excluding tert-OH is 1. The van der Waals surface area contributed by atoms with Crippen LogP contribution in [0.15, 0.2) is 66.7 Å². The molecule has 128 valence electrons. The van der Waals surface area contributed by atoms with Crippen LogP contribution < -0.4 is 0 Å². The Morgan fingerprint density at radius 3 is 2.36 bits per heavy atom. The van der Waals surface area contributed by atoms with Gasteiger partial charge in [0.25, 0.3) is 5.91 Å². The summed E-state index contributed by atoms with van der Waals surface area (Å²) in [6, 6.07) is 21.2. The number of para-hydroxylation sites is 1. The van der Waals surface area contributed by atoms with Crippen LogP contribution in [0.1, 0.15) is 21.7 Å². The zero-order valence-corrected chi connectivity index (χ0v) is 14.2. The van der Waals surface area contributed by atoms with Crippen LogP contribution >= 0.6 is 0 Å². The van der Waals surface area contributed by atoms with Gasteiger partial charge in [0.05, 0.1) is 12.3 Å². The van der Waals surface area contributed by atoms with Gasteiger partial charge in [-0.2, -0.15) is 5.10 Å². The predicted molar refractivity (Wildman–Crippen MR) is 96.6 cm³/mol. The van der Waals surface area contributed by atoms with E-state index < -0.39 is 0 Å². The summed E-state index contributed by atoms with van der Waals surface area (Å²) >= 11 is 0. The molecule has 0 atom stereocenters. The van der Waals surface area contributed by atoms with Gasteiger partial charge in [0.15, 0.2) is 5.69 Å². The first-order valence-electron chi connectivity index (χ1n) is 8.25. The number of carbonyl (C=O) groups is 1. The number of aliphatic hydroxyl groups is 1. The first kappa shape index (κ1) is 16.9. The lowest BCUT2D eigenvalue weighted by Gasteiger charge is -2.20. The number of aromatic nitrogens is 2. The molecule has 1 aromatic heterocycles. The van der Waals surface area contributed by atoms with Crippen LogP contribution in [0.3, 0.4) is 0 Å². The molecule has 0 unspecified atom stereocenters. The number of rotatable bonds is 6. The molecule has 5 heteroatoms. The molecular formula is C20H21N3O2. The van der Waals surface area contributed by atoms with Crippen molar-refractivity contribution in [2.45, 2.75) is 13.5 Å². The van der Waals surface area contributed by atoms with Gasteiger partial charge in [-0.1, -0.05) is 48.5 Å². The van der Waals surface area contributed by atoms with E-state index in [0.717, 1.165) is 16.9 Å². The van der Waals surface area contributed by atoms with Crippen LogP contribution in [-0.4, -0.2) is 38.8 Å². The number of hydrogen-bond donors (Lipinski definition) is 1. The summed E-state index contributed by atoms with van der Waals surface area (Å²) in [5.74, 6) is -0.185. The quantitative estimate of drug-likeness (QED) is 0.753. The van der Waals surface area contributed by atoms with Gasteiger partial charge in [-0.3, -0.25) is 4.79 Å². The highest BCUT2D eigenvalue weighted by Crippen LogP contribution is 2.14. The zero-order chi connectivity index (χ0) is 17.6. The Morgan fingerprint density at radius 2 is 1.72 bits per heavy atom. The maximum Gasteiger partial charge on any atom is 0.274 e. The molecule has 2 aromatic carbocycles. The van der Waals surface area contributed by atoms with E-state index in [1.165, 1.54) is 0 Å². The molecule has 1 amide bonds. The van der Waals surface area contributed by atoms with E-state index in [1.807, 2.05) is 67.6 Å². The monoisotopic (exact) mass is 335 g/mol. The molecular weight excluding hydrogens is 314 g/mol. The molecule has 0 saturated heterocycles. The summed E-state index contributed by atoms with van der Waals surface area (Å²) in [5.41, 5.74) is 3.20. The van der Waals surface area contributed by atoms with Crippen molar-refractivity contribution < 1.29 is 9.90 Å². The van der Waals surface area contributed by atoms with Crippen molar-refractivity contribution in [2.75, 3.05) is 13.2 Å². The minimum absolute atomic E-state index is 0.0864. The van der Waals surface area contributed by atoms with E-state index >= 15 is 0 Å². The van der Waals surface area contributed by atoms with Crippen LogP contribution in [0.25, 0.3) is 5.69 Å². The number of benzene rings is 2. The van der Waals surface area contributed by atoms with Crippen LogP contribution in [0.4, 0.5) is 0 Å². The van der Waals surface area contributed by atoms with Crippen molar-refractivity contribution in [2.24, 2.45) is 0 Å². The van der Waals surface area contributed by atoms with E-state index in [4.69, 9.17) is 0 Å². The largest absolute Gasteiger partial charge is 0.395 e. The van der Waals surface area contributed by atoms with Crippen molar-refractivity contribution >= 4 is 5.91 Å². The van der Waals surface area contributed by atoms with Crippen molar-refractivity contribution in [1.82, 2.24) is 14.7 Å². The Labute approximate surface area is 147 Å². The predicted octanol–water partition coefficient (Wildman–Crippen LogP) is 2.82. The second kappa shape index (κ2) is 7.77. The minimum Gasteiger partial charge on any atom is -0.395 e. The summed E-state index contributed by atoms with van der Waals surface area (Å²) in [7, 11) is 0. The molecule has 5 nitrogen and oxygen atoms in total. The van der Waals surface area contributed by atoms with Gasteiger partial charge in [-0.05, 0) is 30.7 Å². The average Bonchev–Trinajstić information content (AvgIpc) is 3.04. The second-order valence-corrected chi connectivity index (χ2v) is 5.85. The van der Waals surface area contributed by atoms with E-state index in [1.54, 1.807) is 15.6 Å². The maximum atomic E-state index is 12.9. The third-order valence-electron chi connectivity index (χ3n) is 3.98. The van der Waals surface area contributed by atoms with Crippen LogP contribution in [0.2, 0.25) is 0 Å². The standard InChI is InChI=1S/C20H21N3O2/c1-16-14-19(21-23(16)18-10-6-3-7-11-18)20(25)22(12-13-24)15-17-8-4-2-5-9-17/h2-11,14,24H,12-13,15H2,1H3. The van der Waals surface area contributed by atoms with Crippen molar-refractivity contribution in [3.05, 3.63) is 83.7 Å². The smallest absolute Gasteiger partial charge is 0.274 e. The van der Waals surface area contributed by atoms with Gasteiger partial charge in [0, 0.05) is 18.8 Å². The summed E-state index contributed by atoms with van der Waals surface area (Å²) in [6.45, 7) is 2.55. The molecule has 0 aliphatic heterocycles. The summed E-state index contributed by atoms with van der Waals surface area (Å²) in [6.07, 6.45) is 0. The molecule has 0 aliphatic carbocycles. The number of amides is 1. The Kier molecular flexibility index (Phi) is 5.26. The van der Waals surface area contributed by atoms with Gasteiger partial charge < -0.3 is 10.0 Å². The highest BCUT2D eigenvalue weighted by Gasteiger charge is 2.20. The Hall–Kier alpha value is -2.92. The van der Waals surface area contributed by atoms with Gasteiger partial charge in [-0.25, -0.2) is 4.68 Å². The highest BCUT2D eigenvalue weighted by atomic mass is 16.3. The van der Waals surface area contributed by atoms with E-state index in [9.17, 15) is 9.90 Å². The summed E-state index contributed by atoms with van der Waals surface area (Å²) < 4.78 is 1.76. The fourth-order valence-electron chi connectivity index (χ4n) is 2.75. The second-order valence-electron chi connectivity index (χ2n) is 5.85. The molecule has 0 bridgehead atoms. The Morgan fingerprint density at radius 1 is 1.08 bits per heavy atom. The number of carbonyl (C=O) groups excluding carboxylic acids is 1. The maximum absolute atomic E-state index is 12.9. The minimum atomic E-state index is -0.185. The molecule has 3 rings (SSSR count). The van der Waals surface area contributed by atoms with E-state index in [2.05, 4.69) is 5.10 Å². The lowest BCUT2D eigenvalue weighted by molar-refractivity contribution is 0.0701. The van der Waals surface area contributed by atoms with Crippen LogP contribution in [0, 0.1) is 6.92 Å². The van der Waals surface area contributed by atoms with Gasteiger partial charge >= 0.3 is 0 Å². The average molecular weight is 335 g/mol. The SMILES string of the molecule is Cc1cc(C(=O)N(CCO)Cc2ccccc2)nn1-c1ccccc1. The normalized spacial score (nSPS) is 10.6. The molecule has 1 N–H and O–H groups in total. The molecule has 0 radical (unpaired) electrons. The number of hydrogen-bond acceptors (Lipinski definition) is 3. The number of aryl methyl sites for hydroxylation is 1. The molecule has 3 aromatic rings. The molecule has 0 aliphatic rings. The van der Waals surface area contributed by atoms with Crippen LogP contribution in [-0.2, 0) is 6.54 Å². The zero-order valence-electron chi connectivity index (χ0n) is 14.2. The highest BCUT2D eigenvalue weighted by molar-refractivity contribution is 5.92. The van der Waals surface area contributed by atoms with Crippen molar-refractivity contribution in [3.8, 4) is 5.69 Å². The molecule has 1 heterocycles. The fraction of sp³-hybridized carbons (Fsp3) is 0.200. The topological polar surface area (TPSA) is 58.4 Å². The number of nitrogens with zero attached hydrogens (tertiary/aromatic N) is 3. The third-order valence-corrected chi connectivity index (χ3v) is 3.98. The fourth-order valence-corrected chi connectivity index (χ4v) is 2.75. The van der Waals surface area contributed by atoms with E-state index in [-0.39, 0.29) is 19.1 Å². The molecule has 25 heavy (non-hydrogen) atoms. The Bertz CT molecular complexity index is 829. The summed E-state index contributed by atoms with van der Waals surface area (Å²) in [5, 5.41) is 13.8. The Balaban J connectivity index is 1.85. The lowest BCUT2D eigenvalue weighted by atomic mass is 10.2. The summed E-state index contributed by atoms with van der Waals surface area (Å²) in [4.78, 5) is 14.5. The van der Waals surface area contributed by atoms with Crippen LogP contribution in [0.5, 0.6) is 0 Å². The first-order valence-corrected chi connectivity index (χ1v) is 8.25. The molecule has 0 saturated carbocycles. The van der Waals surface area contributed by atoms with E-state index in [0.29, 0.717) is 12.2 Å².